The molecule has 0 atom stereocenters. The van der Waals surface area contributed by atoms with Gasteiger partial charge in [0, 0.05) is 0 Å². The van der Waals surface area contributed by atoms with Gasteiger partial charge in [0.2, 0.25) is 0 Å². The van der Waals surface area contributed by atoms with E-state index in [4.69, 9.17) is 0 Å². The summed E-state index contributed by atoms with van der Waals surface area (Å²) in [5, 5.41) is 0. The minimum Gasteiger partial charge on any atom is -0.179 e. The number of allylic oxidation sites excluding steroid dienone is 1. The number of hydrogen-bond acceptors (Lipinski definition) is 1. The third-order valence-corrected chi connectivity index (χ3v) is 2.71. The van der Waals surface area contributed by atoms with Gasteiger partial charge in [0.05, 0.1) is 0 Å². The Hall–Kier alpha value is -0.690. The lowest BCUT2D eigenvalue weighted by atomic mass is 10.1. The molecule has 82 valence electrons. The summed E-state index contributed by atoms with van der Waals surface area (Å²) < 4.78 is 0. The number of benzene rings is 1. The van der Waals surface area contributed by atoms with Crippen LogP contribution in [0.15, 0.2) is 36.4 Å². The number of hydrogen-bond donors (Lipinski definition) is 1. The smallest absolute Gasteiger partial charge is 0.00979 e. The summed E-state index contributed by atoms with van der Waals surface area (Å²) in [6.45, 7) is 0. The molecule has 1 rings (SSSR count). The zero-order chi connectivity index (χ0) is 10.8. The van der Waals surface area contributed by atoms with Crippen LogP contribution in [-0.2, 0) is 0 Å². The first-order valence-corrected chi connectivity index (χ1v) is 6.39. The molecule has 0 spiro atoms. The first-order valence-electron chi connectivity index (χ1n) is 5.76. The monoisotopic (exact) mass is 220 g/mol. The minimum atomic E-state index is 1.03. The molecular formula is C14H20S. The summed E-state index contributed by atoms with van der Waals surface area (Å²) in [5.41, 5.74) is 1.30. The van der Waals surface area contributed by atoms with Crippen LogP contribution in [0.1, 0.15) is 37.7 Å². The van der Waals surface area contributed by atoms with Gasteiger partial charge in [-0.15, -0.1) is 0 Å². The molecule has 0 aliphatic rings. The van der Waals surface area contributed by atoms with Gasteiger partial charge in [-0.1, -0.05) is 55.3 Å². The van der Waals surface area contributed by atoms with Gasteiger partial charge in [-0.05, 0) is 30.6 Å². The summed E-state index contributed by atoms with van der Waals surface area (Å²) in [6.07, 6.45) is 10.9. The Kier molecular flexibility index (Phi) is 7.10. The van der Waals surface area contributed by atoms with Crippen LogP contribution in [0, 0.1) is 0 Å². The molecule has 1 heteroatoms. The topological polar surface area (TPSA) is 0 Å². The lowest BCUT2D eigenvalue weighted by Gasteiger charge is -1.96. The van der Waals surface area contributed by atoms with Crippen molar-refractivity contribution in [3.05, 3.63) is 42.0 Å². The molecule has 15 heavy (non-hydrogen) atoms. The highest BCUT2D eigenvalue weighted by atomic mass is 32.1. The molecule has 0 bridgehead atoms. The summed E-state index contributed by atoms with van der Waals surface area (Å²) in [7, 11) is 0. The van der Waals surface area contributed by atoms with E-state index in [9.17, 15) is 0 Å². The normalized spacial score (nSPS) is 11.0. The molecule has 0 saturated carbocycles. The van der Waals surface area contributed by atoms with Crippen molar-refractivity contribution in [2.75, 3.05) is 5.75 Å². The summed E-state index contributed by atoms with van der Waals surface area (Å²) in [5.74, 6) is 1.03. The average molecular weight is 220 g/mol. The Balaban J connectivity index is 2.07. The van der Waals surface area contributed by atoms with Crippen LogP contribution in [0.3, 0.4) is 0 Å². The van der Waals surface area contributed by atoms with Gasteiger partial charge in [0.15, 0.2) is 0 Å². The highest BCUT2D eigenvalue weighted by Crippen LogP contribution is 2.07. The molecule has 0 nitrogen and oxygen atoms in total. The van der Waals surface area contributed by atoms with E-state index in [1.54, 1.807) is 0 Å². The third kappa shape index (κ3) is 6.40. The van der Waals surface area contributed by atoms with Gasteiger partial charge in [0.1, 0.15) is 0 Å². The second kappa shape index (κ2) is 8.60. The van der Waals surface area contributed by atoms with Gasteiger partial charge in [-0.25, -0.2) is 0 Å². The predicted molar refractivity (Wildman–Crippen MR) is 72.4 cm³/mol. The molecule has 0 fully saturated rings. The zero-order valence-electron chi connectivity index (χ0n) is 9.23. The van der Waals surface area contributed by atoms with E-state index in [1.807, 2.05) is 0 Å². The quantitative estimate of drug-likeness (QED) is 0.504. The van der Waals surface area contributed by atoms with Crippen molar-refractivity contribution in [2.24, 2.45) is 0 Å². The molecule has 1 aromatic carbocycles. The van der Waals surface area contributed by atoms with Gasteiger partial charge in [-0.3, -0.25) is 0 Å². The van der Waals surface area contributed by atoms with Crippen molar-refractivity contribution in [1.82, 2.24) is 0 Å². The fourth-order valence-electron chi connectivity index (χ4n) is 1.51. The molecule has 0 aliphatic carbocycles. The van der Waals surface area contributed by atoms with Gasteiger partial charge < -0.3 is 0 Å². The maximum absolute atomic E-state index is 4.20. The average Bonchev–Trinajstić information content (AvgIpc) is 2.29. The molecular weight excluding hydrogens is 200 g/mol. The van der Waals surface area contributed by atoms with Crippen molar-refractivity contribution < 1.29 is 0 Å². The summed E-state index contributed by atoms with van der Waals surface area (Å²) in [4.78, 5) is 0. The SMILES string of the molecule is SCCCCCCC=Cc1ccccc1. The molecule has 0 N–H and O–H groups in total. The van der Waals surface area contributed by atoms with E-state index in [0.29, 0.717) is 0 Å². The van der Waals surface area contributed by atoms with Gasteiger partial charge in [0.25, 0.3) is 0 Å². The van der Waals surface area contributed by atoms with Crippen molar-refractivity contribution >= 4 is 18.7 Å². The lowest BCUT2D eigenvalue weighted by molar-refractivity contribution is 0.679. The van der Waals surface area contributed by atoms with Crippen LogP contribution in [0.25, 0.3) is 6.08 Å². The Morgan fingerprint density at radius 2 is 1.67 bits per heavy atom. The fourth-order valence-corrected chi connectivity index (χ4v) is 1.73. The largest absolute Gasteiger partial charge is 0.179 e. The number of rotatable bonds is 7. The van der Waals surface area contributed by atoms with Gasteiger partial charge in [-0.2, -0.15) is 12.6 Å². The van der Waals surface area contributed by atoms with E-state index in [-0.39, 0.29) is 0 Å². The Morgan fingerprint density at radius 1 is 0.933 bits per heavy atom. The van der Waals surface area contributed by atoms with E-state index >= 15 is 0 Å². The van der Waals surface area contributed by atoms with E-state index in [0.717, 1.165) is 5.75 Å². The standard InChI is InChI=1S/C14H20S/c15-13-9-4-2-1-3-6-10-14-11-7-5-8-12-14/h5-8,10-12,15H,1-4,9,13H2. The second-order valence-corrected chi connectivity index (χ2v) is 4.19. The molecule has 0 amide bonds. The van der Waals surface area contributed by atoms with Crippen LogP contribution in [0.4, 0.5) is 0 Å². The van der Waals surface area contributed by atoms with Crippen molar-refractivity contribution in [3.63, 3.8) is 0 Å². The first-order chi connectivity index (χ1) is 7.43. The predicted octanol–water partition coefficient (Wildman–Crippen LogP) is 4.58. The molecule has 0 radical (unpaired) electrons. The molecule has 0 aromatic heterocycles. The second-order valence-electron chi connectivity index (χ2n) is 3.74. The Labute approximate surface area is 98.8 Å². The van der Waals surface area contributed by atoms with Crippen molar-refractivity contribution in [1.29, 1.82) is 0 Å². The Bertz CT molecular complexity index is 264. The minimum absolute atomic E-state index is 1.03. The molecule has 0 saturated heterocycles. The van der Waals surface area contributed by atoms with Crippen molar-refractivity contribution in [3.8, 4) is 0 Å². The Morgan fingerprint density at radius 3 is 2.40 bits per heavy atom. The maximum Gasteiger partial charge on any atom is -0.00979 e. The van der Waals surface area contributed by atoms with Crippen LogP contribution in [0.2, 0.25) is 0 Å². The zero-order valence-corrected chi connectivity index (χ0v) is 10.1. The molecule has 0 aliphatic heterocycles. The summed E-state index contributed by atoms with van der Waals surface area (Å²) in [6, 6.07) is 10.5. The highest BCUT2D eigenvalue weighted by Gasteiger charge is 1.87. The van der Waals surface area contributed by atoms with Gasteiger partial charge >= 0.3 is 0 Å². The first kappa shape index (κ1) is 12.4. The summed E-state index contributed by atoms with van der Waals surface area (Å²) >= 11 is 4.20. The number of unbranched alkanes of at least 4 members (excludes halogenated alkanes) is 4. The fraction of sp³-hybridized carbons (Fsp3) is 0.429. The number of thiol groups is 1. The van der Waals surface area contributed by atoms with Crippen LogP contribution >= 0.6 is 12.6 Å². The van der Waals surface area contributed by atoms with Crippen molar-refractivity contribution in [2.45, 2.75) is 32.1 Å². The van der Waals surface area contributed by atoms with E-state index in [2.05, 4.69) is 55.1 Å². The van der Waals surface area contributed by atoms with E-state index < -0.39 is 0 Å². The molecule has 0 heterocycles. The molecule has 1 aromatic rings. The molecule has 0 unspecified atom stereocenters. The van der Waals surface area contributed by atoms with E-state index in [1.165, 1.54) is 37.7 Å². The van der Waals surface area contributed by atoms with Crippen LogP contribution in [0.5, 0.6) is 0 Å². The van der Waals surface area contributed by atoms with Crippen LogP contribution in [-0.4, -0.2) is 5.75 Å². The third-order valence-electron chi connectivity index (χ3n) is 2.39. The maximum atomic E-state index is 4.20. The lowest BCUT2D eigenvalue weighted by Crippen LogP contribution is -1.78. The van der Waals surface area contributed by atoms with Crippen LogP contribution < -0.4 is 0 Å². The highest BCUT2D eigenvalue weighted by molar-refractivity contribution is 7.80.